The standard InChI is InChI=1S/C20H24N3O7P/c1-15(20(24)28-19-12-13-22(2)14-19)21-31(27,29-17-6-4-3-5-7-17)30-18-10-8-16(9-11-18)23(25)26/h3-11,15,19H,12-14H2,1-2H3,(H,21,27)/t15-,19?,31?/m0/s1. The number of hydrogen-bond donors (Lipinski definition) is 1. The van der Waals surface area contributed by atoms with Gasteiger partial charge in [0.05, 0.1) is 4.92 Å². The molecule has 1 heterocycles. The predicted octanol–water partition coefficient (Wildman–Crippen LogP) is 3.39. The number of carbonyl (C=O) groups excluding carboxylic acids is 1. The monoisotopic (exact) mass is 449 g/mol. The quantitative estimate of drug-likeness (QED) is 0.266. The first-order valence-electron chi connectivity index (χ1n) is 9.70. The number of nitro benzene ring substituents is 1. The van der Waals surface area contributed by atoms with E-state index in [9.17, 15) is 19.5 Å². The van der Waals surface area contributed by atoms with Crippen molar-refractivity contribution in [1.82, 2.24) is 9.99 Å². The summed E-state index contributed by atoms with van der Waals surface area (Å²) in [7, 11) is -2.16. The number of ether oxygens (including phenoxy) is 1. The van der Waals surface area contributed by atoms with E-state index in [-0.39, 0.29) is 23.3 Å². The Hall–Kier alpha value is -2.94. The fraction of sp³-hybridized carbons (Fsp3) is 0.350. The zero-order chi connectivity index (χ0) is 22.4. The van der Waals surface area contributed by atoms with Crippen LogP contribution in [0.4, 0.5) is 5.69 Å². The first kappa shape index (κ1) is 22.7. The molecule has 0 aromatic heterocycles. The van der Waals surface area contributed by atoms with Crippen molar-refractivity contribution in [2.45, 2.75) is 25.5 Å². The number of benzene rings is 2. The van der Waals surface area contributed by atoms with E-state index in [0.29, 0.717) is 6.54 Å². The zero-order valence-corrected chi connectivity index (χ0v) is 18.1. The Morgan fingerprint density at radius 2 is 1.77 bits per heavy atom. The number of non-ortho nitro benzene ring substituents is 1. The molecule has 0 spiro atoms. The Labute approximate surface area is 179 Å². The van der Waals surface area contributed by atoms with Gasteiger partial charge in [-0.15, -0.1) is 0 Å². The van der Waals surface area contributed by atoms with Crippen molar-refractivity contribution >= 4 is 19.4 Å². The van der Waals surface area contributed by atoms with E-state index in [2.05, 4.69) is 9.99 Å². The Bertz CT molecular complexity index is 955. The molecule has 1 N–H and O–H groups in total. The number of likely N-dealkylation sites (N-methyl/N-ethyl adjacent to an activating group) is 1. The van der Waals surface area contributed by atoms with E-state index in [4.69, 9.17) is 13.8 Å². The summed E-state index contributed by atoms with van der Waals surface area (Å²) in [6.45, 7) is 2.97. The zero-order valence-electron chi connectivity index (χ0n) is 17.2. The van der Waals surface area contributed by atoms with Crippen molar-refractivity contribution < 1.29 is 28.1 Å². The molecule has 0 aliphatic carbocycles. The fourth-order valence-corrected chi connectivity index (χ4v) is 4.53. The van der Waals surface area contributed by atoms with Crippen LogP contribution in [-0.4, -0.2) is 48.1 Å². The van der Waals surface area contributed by atoms with Crippen molar-refractivity contribution in [2.24, 2.45) is 0 Å². The smallest absolute Gasteiger partial charge is 0.460 e. The Morgan fingerprint density at radius 1 is 1.16 bits per heavy atom. The number of nitro groups is 1. The highest BCUT2D eigenvalue weighted by atomic mass is 31.2. The second-order valence-electron chi connectivity index (χ2n) is 7.20. The third kappa shape index (κ3) is 6.52. The number of esters is 1. The summed E-state index contributed by atoms with van der Waals surface area (Å²) in [5, 5.41) is 13.4. The summed E-state index contributed by atoms with van der Waals surface area (Å²) >= 11 is 0. The number of hydrogen-bond acceptors (Lipinski definition) is 8. The summed E-state index contributed by atoms with van der Waals surface area (Å²) in [6.07, 6.45) is 0.499. The SMILES string of the molecule is C[C@H](NP(=O)(Oc1ccccc1)Oc1ccc([N+](=O)[O-])cc1)C(=O)OC1CCN(C)C1. The first-order valence-corrected chi connectivity index (χ1v) is 11.2. The molecule has 3 rings (SSSR count). The second kappa shape index (κ2) is 9.91. The van der Waals surface area contributed by atoms with Crippen molar-refractivity contribution in [3.63, 3.8) is 0 Å². The molecule has 1 aliphatic rings. The maximum absolute atomic E-state index is 13.5. The van der Waals surface area contributed by atoms with Crippen LogP contribution in [0.25, 0.3) is 0 Å². The number of nitrogens with one attached hydrogen (secondary N) is 1. The summed E-state index contributed by atoms with van der Waals surface area (Å²) in [4.78, 5) is 24.8. The Morgan fingerprint density at radius 3 is 2.32 bits per heavy atom. The van der Waals surface area contributed by atoms with Gasteiger partial charge in [-0.25, -0.2) is 4.57 Å². The minimum absolute atomic E-state index is 0.0790. The fourth-order valence-electron chi connectivity index (χ4n) is 3.01. The molecule has 1 saturated heterocycles. The van der Waals surface area contributed by atoms with Gasteiger partial charge in [-0.05, 0) is 44.7 Å². The van der Waals surface area contributed by atoms with Gasteiger partial charge in [-0.3, -0.25) is 14.9 Å². The second-order valence-corrected chi connectivity index (χ2v) is 8.82. The van der Waals surface area contributed by atoms with E-state index in [1.165, 1.54) is 31.2 Å². The van der Waals surface area contributed by atoms with Gasteiger partial charge < -0.3 is 18.7 Å². The predicted molar refractivity (Wildman–Crippen MR) is 113 cm³/mol. The van der Waals surface area contributed by atoms with Crippen LogP contribution in [0, 0.1) is 10.1 Å². The highest BCUT2D eigenvalue weighted by molar-refractivity contribution is 7.52. The van der Waals surface area contributed by atoms with Crippen molar-refractivity contribution in [3.05, 3.63) is 64.7 Å². The molecule has 2 aromatic rings. The third-order valence-electron chi connectivity index (χ3n) is 4.58. The van der Waals surface area contributed by atoms with Crippen LogP contribution < -0.4 is 14.1 Å². The Balaban J connectivity index is 1.74. The van der Waals surface area contributed by atoms with Gasteiger partial charge >= 0.3 is 13.7 Å². The minimum Gasteiger partial charge on any atom is -0.460 e. The molecular formula is C20H24N3O7P. The van der Waals surface area contributed by atoms with Crippen LogP contribution >= 0.6 is 7.75 Å². The van der Waals surface area contributed by atoms with E-state index < -0.39 is 24.7 Å². The molecule has 3 atom stereocenters. The summed E-state index contributed by atoms with van der Waals surface area (Å²) < 4.78 is 30.0. The van der Waals surface area contributed by atoms with Crippen LogP contribution in [0.2, 0.25) is 0 Å². The van der Waals surface area contributed by atoms with Crippen molar-refractivity contribution in [2.75, 3.05) is 20.1 Å². The van der Waals surface area contributed by atoms with E-state index >= 15 is 0 Å². The molecule has 31 heavy (non-hydrogen) atoms. The van der Waals surface area contributed by atoms with E-state index in [1.54, 1.807) is 30.3 Å². The van der Waals surface area contributed by atoms with Crippen molar-refractivity contribution in [1.29, 1.82) is 0 Å². The summed E-state index contributed by atoms with van der Waals surface area (Å²) in [6, 6.07) is 12.4. The van der Waals surface area contributed by atoms with Crippen LogP contribution in [-0.2, 0) is 14.1 Å². The number of nitrogens with zero attached hydrogens (tertiary/aromatic N) is 2. The van der Waals surface area contributed by atoms with Gasteiger partial charge in [0, 0.05) is 25.2 Å². The molecule has 1 fully saturated rings. The Kier molecular flexibility index (Phi) is 7.27. The largest absolute Gasteiger partial charge is 0.513 e. The topological polar surface area (TPSA) is 120 Å². The molecular weight excluding hydrogens is 425 g/mol. The molecule has 2 unspecified atom stereocenters. The molecule has 11 heteroatoms. The lowest BCUT2D eigenvalue weighted by molar-refractivity contribution is -0.384. The highest BCUT2D eigenvalue weighted by Gasteiger charge is 2.35. The number of para-hydroxylation sites is 1. The number of carbonyl (C=O) groups is 1. The van der Waals surface area contributed by atoms with Crippen molar-refractivity contribution in [3.8, 4) is 11.5 Å². The lowest BCUT2D eigenvalue weighted by atomic mass is 10.3. The molecule has 166 valence electrons. The van der Waals surface area contributed by atoms with Gasteiger partial charge in [0.15, 0.2) is 0 Å². The van der Waals surface area contributed by atoms with E-state index in [0.717, 1.165) is 13.0 Å². The van der Waals surface area contributed by atoms with Gasteiger partial charge in [-0.2, -0.15) is 5.09 Å². The van der Waals surface area contributed by atoms with Gasteiger partial charge in [0.1, 0.15) is 23.6 Å². The third-order valence-corrected chi connectivity index (χ3v) is 6.18. The summed E-state index contributed by atoms with van der Waals surface area (Å²) in [5.74, 6) is -0.238. The molecule has 0 amide bonds. The lowest BCUT2D eigenvalue weighted by Crippen LogP contribution is -2.38. The lowest BCUT2D eigenvalue weighted by Gasteiger charge is -2.24. The first-order chi connectivity index (χ1) is 14.7. The molecule has 2 aromatic carbocycles. The maximum atomic E-state index is 13.5. The van der Waals surface area contributed by atoms with Crippen LogP contribution in [0.1, 0.15) is 13.3 Å². The maximum Gasteiger partial charge on any atom is 0.513 e. The molecule has 1 aliphatic heterocycles. The van der Waals surface area contributed by atoms with Gasteiger partial charge in [0.25, 0.3) is 5.69 Å². The molecule has 0 saturated carbocycles. The number of likely N-dealkylation sites (tertiary alicyclic amines) is 1. The van der Waals surface area contributed by atoms with Crippen LogP contribution in [0.15, 0.2) is 54.6 Å². The molecule has 10 nitrogen and oxygen atoms in total. The van der Waals surface area contributed by atoms with Crippen LogP contribution in [0.5, 0.6) is 11.5 Å². The highest BCUT2D eigenvalue weighted by Crippen LogP contribution is 2.45. The number of rotatable bonds is 9. The van der Waals surface area contributed by atoms with Gasteiger partial charge in [-0.1, -0.05) is 18.2 Å². The molecule has 0 bridgehead atoms. The average molecular weight is 449 g/mol. The normalized spacial score (nSPS) is 19.2. The molecule has 0 radical (unpaired) electrons. The van der Waals surface area contributed by atoms with Gasteiger partial charge in [0.2, 0.25) is 0 Å². The van der Waals surface area contributed by atoms with Crippen LogP contribution in [0.3, 0.4) is 0 Å². The minimum atomic E-state index is -4.10. The van der Waals surface area contributed by atoms with E-state index in [1.807, 2.05) is 7.05 Å². The summed E-state index contributed by atoms with van der Waals surface area (Å²) in [5.41, 5.74) is -0.141. The average Bonchev–Trinajstić information content (AvgIpc) is 3.13.